The molecule has 0 saturated carbocycles. The van der Waals surface area contributed by atoms with Crippen molar-refractivity contribution in [3.8, 4) is 0 Å². The van der Waals surface area contributed by atoms with Crippen LogP contribution in [0.2, 0.25) is 0 Å². The monoisotopic (exact) mass is 353 g/mol. The molecule has 0 unspecified atom stereocenters. The van der Waals surface area contributed by atoms with Gasteiger partial charge in [0.15, 0.2) is 5.78 Å². The van der Waals surface area contributed by atoms with Gasteiger partial charge in [0, 0.05) is 29.9 Å². The fraction of sp³-hybridized carbons (Fsp3) is 0.350. The van der Waals surface area contributed by atoms with Gasteiger partial charge in [-0.05, 0) is 32.4 Å². The van der Waals surface area contributed by atoms with Crippen molar-refractivity contribution < 1.29 is 14.4 Å². The zero-order valence-electron chi connectivity index (χ0n) is 15.3. The largest absolute Gasteiger partial charge is 0.349 e. The van der Waals surface area contributed by atoms with Crippen LogP contribution < -0.4 is 5.32 Å². The van der Waals surface area contributed by atoms with Crippen molar-refractivity contribution in [2.24, 2.45) is 0 Å². The van der Waals surface area contributed by atoms with E-state index < -0.39 is 12.1 Å². The van der Waals surface area contributed by atoms with E-state index in [1.54, 1.807) is 0 Å². The summed E-state index contributed by atoms with van der Waals surface area (Å²) < 4.78 is 2.04. The van der Waals surface area contributed by atoms with Gasteiger partial charge in [0.25, 0.3) is 5.91 Å². The topological polar surface area (TPSA) is 71.4 Å². The highest BCUT2D eigenvalue weighted by Crippen LogP contribution is 2.18. The Labute approximate surface area is 152 Å². The highest BCUT2D eigenvalue weighted by molar-refractivity contribution is 6.09. The van der Waals surface area contributed by atoms with E-state index in [0.717, 1.165) is 28.4 Å². The molecule has 1 aromatic carbocycles. The third kappa shape index (κ3) is 3.27. The number of urea groups is 1. The summed E-state index contributed by atoms with van der Waals surface area (Å²) in [5, 5.41) is 2.68. The summed E-state index contributed by atoms with van der Waals surface area (Å²) in [6.07, 6.45) is 0.417. The number of imide groups is 1. The summed E-state index contributed by atoms with van der Waals surface area (Å²) in [5.41, 5.74) is 3.39. The fourth-order valence-corrected chi connectivity index (χ4v) is 3.51. The van der Waals surface area contributed by atoms with Crippen LogP contribution in [0.25, 0.3) is 0 Å². The van der Waals surface area contributed by atoms with E-state index >= 15 is 0 Å². The molecule has 1 aromatic heterocycles. The molecule has 1 atom stereocenters. The molecule has 2 heterocycles. The Kier molecular flexibility index (Phi) is 4.93. The number of carbonyl (C=O) groups is 3. The van der Waals surface area contributed by atoms with Gasteiger partial charge in [-0.1, -0.05) is 30.3 Å². The molecule has 2 aromatic rings. The van der Waals surface area contributed by atoms with E-state index in [9.17, 15) is 14.4 Å². The quantitative estimate of drug-likeness (QED) is 0.641. The zero-order chi connectivity index (χ0) is 18.8. The van der Waals surface area contributed by atoms with Crippen LogP contribution in [0.4, 0.5) is 4.79 Å². The van der Waals surface area contributed by atoms with E-state index in [4.69, 9.17) is 0 Å². The standard InChI is InChI=1S/C20H23N3O3/c1-4-22-13(2)10-16(14(22)3)18(24)12-23-19(25)17(21-20(23)26)11-15-8-6-5-7-9-15/h5-10,17H,4,11-12H2,1-3H3,(H,21,26)/t17-/m0/s1. The van der Waals surface area contributed by atoms with Crippen molar-refractivity contribution in [1.82, 2.24) is 14.8 Å². The zero-order valence-corrected chi connectivity index (χ0v) is 15.3. The number of carbonyl (C=O) groups excluding carboxylic acids is 3. The number of hydrogen-bond donors (Lipinski definition) is 1. The second-order valence-electron chi connectivity index (χ2n) is 6.57. The van der Waals surface area contributed by atoms with Crippen molar-refractivity contribution in [3.63, 3.8) is 0 Å². The summed E-state index contributed by atoms with van der Waals surface area (Å²) in [6, 6.07) is 10.2. The van der Waals surface area contributed by atoms with E-state index in [-0.39, 0.29) is 18.2 Å². The number of hydrogen-bond acceptors (Lipinski definition) is 3. The number of aromatic nitrogens is 1. The van der Waals surface area contributed by atoms with Crippen LogP contribution in [0.1, 0.15) is 34.2 Å². The number of amides is 3. The van der Waals surface area contributed by atoms with Crippen LogP contribution in [0, 0.1) is 13.8 Å². The predicted octanol–water partition coefficient (Wildman–Crippen LogP) is 2.47. The maximum atomic E-state index is 12.7. The van der Waals surface area contributed by atoms with Crippen LogP contribution in [-0.2, 0) is 17.8 Å². The summed E-state index contributed by atoms with van der Waals surface area (Å²) in [7, 11) is 0. The number of benzene rings is 1. The number of nitrogens with one attached hydrogen (secondary N) is 1. The SMILES string of the molecule is CCn1c(C)cc(C(=O)CN2C(=O)N[C@@H](Cc3ccccc3)C2=O)c1C. The molecule has 1 fully saturated rings. The van der Waals surface area contributed by atoms with Crippen molar-refractivity contribution in [1.29, 1.82) is 0 Å². The molecule has 1 aliphatic rings. The van der Waals surface area contributed by atoms with E-state index in [0.29, 0.717) is 12.0 Å². The number of rotatable bonds is 6. The first-order chi connectivity index (χ1) is 12.4. The Balaban J connectivity index is 1.73. The third-order valence-electron chi connectivity index (χ3n) is 4.88. The minimum Gasteiger partial charge on any atom is -0.349 e. The Hall–Kier alpha value is -2.89. The highest BCUT2D eigenvalue weighted by atomic mass is 16.2. The molecule has 3 amide bonds. The molecule has 6 nitrogen and oxygen atoms in total. The molecule has 136 valence electrons. The summed E-state index contributed by atoms with van der Waals surface area (Å²) in [6.45, 7) is 6.38. The van der Waals surface area contributed by atoms with Gasteiger partial charge in [0.1, 0.15) is 6.04 Å². The van der Waals surface area contributed by atoms with Crippen LogP contribution in [0.5, 0.6) is 0 Å². The second-order valence-corrected chi connectivity index (χ2v) is 6.57. The molecule has 0 aliphatic carbocycles. The lowest BCUT2D eigenvalue weighted by molar-refractivity contribution is -0.127. The molecule has 1 saturated heterocycles. The van der Waals surface area contributed by atoms with E-state index in [1.165, 1.54) is 0 Å². The van der Waals surface area contributed by atoms with Crippen LogP contribution in [0.15, 0.2) is 36.4 Å². The highest BCUT2D eigenvalue weighted by Gasteiger charge is 2.39. The van der Waals surface area contributed by atoms with Gasteiger partial charge < -0.3 is 9.88 Å². The molecule has 3 rings (SSSR count). The molecule has 0 radical (unpaired) electrons. The Morgan fingerprint density at radius 2 is 1.85 bits per heavy atom. The normalized spacial score (nSPS) is 16.9. The molecule has 26 heavy (non-hydrogen) atoms. The average molecular weight is 353 g/mol. The van der Waals surface area contributed by atoms with Crippen molar-refractivity contribution in [3.05, 3.63) is 58.9 Å². The Morgan fingerprint density at radius 3 is 2.46 bits per heavy atom. The number of aryl methyl sites for hydroxylation is 1. The van der Waals surface area contributed by atoms with E-state index in [2.05, 4.69) is 5.32 Å². The summed E-state index contributed by atoms with van der Waals surface area (Å²) in [4.78, 5) is 38.5. The van der Waals surface area contributed by atoms with Gasteiger partial charge in [-0.3, -0.25) is 14.5 Å². The van der Waals surface area contributed by atoms with Gasteiger partial charge in [0.05, 0.1) is 6.54 Å². The molecule has 6 heteroatoms. The Bertz CT molecular complexity index is 855. The van der Waals surface area contributed by atoms with Gasteiger partial charge in [-0.25, -0.2) is 4.79 Å². The van der Waals surface area contributed by atoms with Gasteiger partial charge >= 0.3 is 6.03 Å². The molecule has 1 N–H and O–H groups in total. The van der Waals surface area contributed by atoms with Gasteiger partial charge in [0.2, 0.25) is 0 Å². The second kappa shape index (κ2) is 7.15. The number of ketones is 1. The average Bonchev–Trinajstić information content (AvgIpc) is 3.05. The molecule has 0 spiro atoms. The minimum absolute atomic E-state index is 0.221. The van der Waals surface area contributed by atoms with Crippen molar-refractivity contribution in [2.45, 2.75) is 39.8 Å². The maximum Gasteiger partial charge on any atom is 0.325 e. The summed E-state index contributed by atoms with van der Waals surface area (Å²) >= 11 is 0. The van der Waals surface area contributed by atoms with Crippen LogP contribution in [-0.4, -0.2) is 39.8 Å². The molecule has 1 aliphatic heterocycles. The van der Waals surface area contributed by atoms with Crippen LogP contribution >= 0.6 is 0 Å². The Morgan fingerprint density at radius 1 is 1.15 bits per heavy atom. The minimum atomic E-state index is -0.624. The smallest absolute Gasteiger partial charge is 0.325 e. The molecular formula is C20H23N3O3. The third-order valence-corrected chi connectivity index (χ3v) is 4.88. The van der Waals surface area contributed by atoms with Crippen molar-refractivity contribution in [2.75, 3.05) is 6.54 Å². The number of nitrogens with zero attached hydrogens (tertiary/aromatic N) is 2. The van der Waals surface area contributed by atoms with Gasteiger partial charge in [-0.15, -0.1) is 0 Å². The molecular weight excluding hydrogens is 330 g/mol. The summed E-state index contributed by atoms with van der Waals surface area (Å²) in [5.74, 6) is -0.571. The number of Topliss-reactive ketones (excluding diaryl/α,β-unsaturated/α-hetero) is 1. The van der Waals surface area contributed by atoms with E-state index in [1.807, 2.05) is 61.7 Å². The fourth-order valence-electron chi connectivity index (χ4n) is 3.51. The first-order valence-corrected chi connectivity index (χ1v) is 8.78. The first kappa shape index (κ1) is 17.9. The maximum absolute atomic E-state index is 12.7. The lowest BCUT2D eigenvalue weighted by Gasteiger charge is -2.12. The van der Waals surface area contributed by atoms with Crippen LogP contribution in [0.3, 0.4) is 0 Å². The predicted molar refractivity (Wildman–Crippen MR) is 98.1 cm³/mol. The first-order valence-electron chi connectivity index (χ1n) is 8.78. The molecule has 0 bridgehead atoms. The lowest BCUT2D eigenvalue weighted by Crippen LogP contribution is -2.36. The lowest BCUT2D eigenvalue weighted by atomic mass is 10.1. The van der Waals surface area contributed by atoms with Crippen molar-refractivity contribution >= 4 is 17.7 Å². The van der Waals surface area contributed by atoms with Gasteiger partial charge in [-0.2, -0.15) is 0 Å².